The predicted molar refractivity (Wildman–Crippen MR) is 70.1 cm³/mol. The molecule has 0 bridgehead atoms. The number of hydrogen-bond acceptors (Lipinski definition) is 2. The summed E-state index contributed by atoms with van der Waals surface area (Å²) in [5, 5.41) is 0.444. The minimum atomic E-state index is -0.163. The first-order valence-corrected chi connectivity index (χ1v) is 5.86. The molecule has 0 aliphatic heterocycles. The van der Waals surface area contributed by atoms with E-state index in [-0.39, 0.29) is 5.78 Å². The van der Waals surface area contributed by atoms with Gasteiger partial charge in [-0.15, -0.1) is 0 Å². The average molecular weight is 257 g/mol. The molecule has 88 valence electrons. The highest BCUT2D eigenvalue weighted by Crippen LogP contribution is 2.18. The maximum atomic E-state index is 12.3. The van der Waals surface area contributed by atoms with Crippen LogP contribution in [0.25, 0.3) is 5.65 Å². The predicted octanol–water partition coefficient (Wildman–Crippen LogP) is 3.22. The molecular weight excluding hydrogens is 248 g/mol. The quantitative estimate of drug-likeness (QED) is 0.660. The van der Waals surface area contributed by atoms with Gasteiger partial charge in [-0.05, 0) is 24.3 Å². The molecule has 0 radical (unpaired) electrons. The number of nitrogens with zero attached hydrogens (tertiary/aromatic N) is 2. The summed E-state index contributed by atoms with van der Waals surface area (Å²) >= 11 is 6.01. The molecular formula is C14H9ClN2O. The number of aromatic nitrogens is 2. The third-order valence-corrected chi connectivity index (χ3v) is 3.04. The number of carbonyl (C=O) groups excluding carboxylic acids is 1. The zero-order valence-corrected chi connectivity index (χ0v) is 10.1. The number of fused-ring (bicyclic) bond motifs is 1. The summed E-state index contributed by atoms with van der Waals surface area (Å²) in [5.74, 6) is -0.163. The zero-order chi connectivity index (χ0) is 12.5. The van der Waals surface area contributed by atoms with Crippen LogP contribution in [0.3, 0.4) is 0 Å². The summed E-state index contributed by atoms with van der Waals surface area (Å²) < 4.78 is 1.81. The fourth-order valence-electron chi connectivity index (χ4n) is 1.83. The van der Waals surface area contributed by atoms with Crippen LogP contribution in [-0.2, 0) is 0 Å². The van der Waals surface area contributed by atoms with Gasteiger partial charge in [0.25, 0.3) is 0 Å². The molecule has 3 aromatic rings. The van der Waals surface area contributed by atoms with Crippen LogP contribution in [0.4, 0.5) is 0 Å². The molecule has 0 saturated heterocycles. The molecule has 2 aromatic heterocycles. The van der Waals surface area contributed by atoms with Crippen LogP contribution < -0.4 is 0 Å². The van der Waals surface area contributed by atoms with Crippen molar-refractivity contribution in [3.63, 3.8) is 0 Å². The second kappa shape index (κ2) is 4.27. The number of carbonyl (C=O) groups is 1. The SMILES string of the molecule is O=C(c1cn2ccccc2n1)c1ccccc1Cl. The number of imidazole rings is 1. The Kier molecular flexibility index (Phi) is 2.61. The summed E-state index contributed by atoms with van der Waals surface area (Å²) in [6.07, 6.45) is 3.56. The number of pyridine rings is 1. The lowest BCUT2D eigenvalue weighted by molar-refractivity contribution is 0.103. The van der Waals surface area contributed by atoms with Gasteiger partial charge < -0.3 is 4.40 Å². The van der Waals surface area contributed by atoms with Crippen molar-refractivity contribution in [2.75, 3.05) is 0 Å². The molecule has 18 heavy (non-hydrogen) atoms. The lowest BCUT2D eigenvalue weighted by atomic mass is 10.1. The van der Waals surface area contributed by atoms with Gasteiger partial charge in [0.15, 0.2) is 0 Å². The number of ketones is 1. The van der Waals surface area contributed by atoms with Crippen molar-refractivity contribution in [1.82, 2.24) is 9.38 Å². The molecule has 4 heteroatoms. The van der Waals surface area contributed by atoms with Gasteiger partial charge in [-0.2, -0.15) is 0 Å². The Morgan fingerprint density at radius 3 is 2.67 bits per heavy atom. The van der Waals surface area contributed by atoms with E-state index in [1.165, 1.54) is 0 Å². The minimum Gasteiger partial charge on any atom is -0.306 e. The number of hydrogen-bond donors (Lipinski definition) is 0. The maximum Gasteiger partial charge on any atom is 0.214 e. The summed E-state index contributed by atoms with van der Waals surface area (Å²) in [6.45, 7) is 0. The second-order valence-corrected chi connectivity index (χ2v) is 4.31. The van der Waals surface area contributed by atoms with Gasteiger partial charge in [0.05, 0.1) is 5.02 Å². The first-order chi connectivity index (χ1) is 8.75. The van der Waals surface area contributed by atoms with Gasteiger partial charge in [-0.3, -0.25) is 4.79 Å². The molecule has 0 spiro atoms. The second-order valence-electron chi connectivity index (χ2n) is 3.90. The molecule has 0 atom stereocenters. The lowest BCUT2D eigenvalue weighted by Crippen LogP contribution is -2.02. The van der Waals surface area contributed by atoms with E-state index >= 15 is 0 Å². The average Bonchev–Trinajstić information content (AvgIpc) is 2.82. The molecule has 0 aliphatic carbocycles. The number of halogens is 1. The van der Waals surface area contributed by atoms with Gasteiger partial charge in [0.1, 0.15) is 11.3 Å². The first-order valence-electron chi connectivity index (χ1n) is 5.49. The van der Waals surface area contributed by atoms with E-state index in [4.69, 9.17) is 11.6 Å². The largest absolute Gasteiger partial charge is 0.306 e. The molecule has 0 amide bonds. The van der Waals surface area contributed by atoms with E-state index < -0.39 is 0 Å². The summed E-state index contributed by atoms with van der Waals surface area (Å²) in [5.41, 5.74) is 1.62. The van der Waals surface area contributed by atoms with Gasteiger partial charge in [0.2, 0.25) is 5.78 Å². The molecule has 3 nitrogen and oxygen atoms in total. The van der Waals surface area contributed by atoms with E-state index in [1.807, 2.05) is 28.8 Å². The van der Waals surface area contributed by atoms with Crippen LogP contribution in [-0.4, -0.2) is 15.2 Å². The molecule has 0 saturated carbocycles. The highest BCUT2D eigenvalue weighted by atomic mass is 35.5. The van der Waals surface area contributed by atoms with Crippen molar-refractivity contribution < 1.29 is 4.79 Å². The van der Waals surface area contributed by atoms with Crippen LogP contribution in [0, 0.1) is 0 Å². The van der Waals surface area contributed by atoms with Gasteiger partial charge in [0, 0.05) is 18.0 Å². The molecule has 3 rings (SSSR count). The normalized spacial score (nSPS) is 10.7. The Labute approximate surface area is 109 Å². The van der Waals surface area contributed by atoms with Crippen molar-refractivity contribution in [3.8, 4) is 0 Å². The van der Waals surface area contributed by atoms with E-state index in [2.05, 4.69) is 4.98 Å². The van der Waals surface area contributed by atoms with Crippen LogP contribution in [0.1, 0.15) is 16.1 Å². The van der Waals surface area contributed by atoms with Crippen LogP contribution in [0.15, 0.2) is 54.9 Å². The molecule has 0 fully saturated rings. The topological polar surface area (TPSA) is 34.4 Å². The summed E-state index contributed by atoms with van der Waals surface area (Å²) in [6, 6.07) is 12.6. The van der Waals surface area contributed by atoms with E-state index in [9.17, 15) is 4.79 Å². The third-order valence-electron chi connectivity index (χ3n) is 2.72. The molecule has 2 heterocycles. The Bertz CT molecular complexity index is 700. The van der Waals surface area contributed by atoms with Crippen LogP contribution >= 0.6 is 11.6 Å². The fourth-order valence-corrected chi connectivity index (χ4v) is 2.05. The fraction of sp³-hybridized carbons (Fsp3) is 0. The van der Waals surface area contributed by atoms with Gasteiger partial charge in [-0.25, -0.2) is 4.98 Å². The first kappa shape index (κ1) is 11.0. The number of rotatable bonds is 2. The van der Waals surface area contributed by atoms with Crippen molar-refractivity contribution in [2.45, 2.75) is 0 Å². The molecule has 0 aliphatic rings. The zero-order valence-electron chi connectivity index (χ0n) is 9.38. The van der Waals surface area contributed by atoms with Crippen molar-refractivity contribution >= 4 is 23.0 Å². The highest BCUT2D eigenvalue weighted by Gasteiger charge is 2.15. The third kappa shape index (κ3) is 1.79. The maximum absolute atomic E-state index is 12.3. The van der Waals surface area contributed by atoms with E-state index in [1.54, 1.807) is 30.5 Å². The molecule has 0 unspecified atom stereocenters. The Balaban J connectivity index is 2.10. The number of benzene rings is 1. The van der Waals surface area contributed by atoms with Crippen molar-refractivity contribution in [3.05, 3.63) is 71.1 Å². The Hall–Kier alpha value is -2.13. The smallest absolute Gasteiger partial charge is 0.214 e. The summed E-state index contributed by atoms with van der Waals surface area (Å²) in [7, 11) is 0. The standard InChI is InChI=1S/C14H9ClN2O/c15-11-6-2-1-5-10(11)14(18)12-9-17-8-4-3-7-13(17)16-12/h1-9H. The Morgan fingerprint density at radius 1 is 1.11 bits per heavy atom. The van der Waals surface area contributed by atoms with Crippen molar-refractivity contribution in [1.29, 1.82) is 0 Å². The minimum absolute atomic E-state index is 0.163. The lowest BCUT2D eigenvalue weighted by Gasteiger charge is -1.99. The monoisotopic (exact) mass is 256 g/mol. The Morgan fingerprint density at radius 2 is 1.89 bits per heavy atom. The summed E-state index contributed by atoms with van der Waals surface area (Å²) in [4.78, 5) is 16.6. The van der Waals surface area contributed by atoms with E-state index in [0.717, 1.165) is 5.65 Å². The van der Waals surface area contributed by atoms with Crippen LogP contribution in [0.2, 0.25) is 5.02 Å². The molecule has 0 N–H and O–H groups in total. The van der Waals surface area contributed by atoms with Crippen molar-refractivity contribution in [2.24, 2.45) is 0 Å². The molecule has 1 aromatic carbocycles. The van der Waals surface area contributed by atoms with Gasteiger partial charge >= 0.3 is 0 Å². The van der Waals surface area contributed by atoms with Gasteiger partial charge in [-0.1, -0.05) is 29.8 Å². The van der Waals surface area contributed by atoms with Crippen LogP contribution in [0.5, 0.6) is 0 Å². The van der Waals surface area contributed by atoms with E-state index in [0.29, 0.717) is 16.3 Å². The highest BCUT2D eigenvalue weighted by molar-refractivity contribution is 6.34.